The van der Waals surface area contributed by atoms with Crippen molar-refractivity contribution in [2.75, 3.05) is 13.2 Å². The van der Waals surface area contributed by atoms with E-state index in [1.165, 1.54) is 16.5 Å². The zero-order valence-corrected chi connectivity index (χ0v) is 11.2. The summed E-state index contributed by atoms with van der Waals surface area (Å²) in [7, 11) is 0. The van der Waals surface area contributed by atoms with Crippen molar-refractivity contribution >= 4 is 10.9 Å². The van der Waals surface area contributed by atoms with E-state index in [1.807, 2.05) is 13.8 Å². The lowest BCUT2D eigenvalue weighted by molar-refractivity contribution is 0.140. The van der Waals surface area contributed by atoms with E-state index in [0.717, 1.165) is 26.2 Å². The summed E-state index contributed by atoms with van der Waals surface area (Å²) in [4.78, 5) is 0. The molecule has 1 atom stereocenters. The van der Waals surface area contributed by atoms with Crippen LogP contribution in [0.3, 0.4) is 0 Å². The van der Waals surface area contributed by atoms with E-state index in [2.05, 4.69) is 35.0 Å². The smallest absolute Gasteiger partial charge is 0.0645 e. The van der Waals surface area contributed by atoms with E-state index in [0.29, 0.717) is 0 Å². The molecule has 1 aromatic carbocycles. The fourth-order valence-electron chi connectivity index (χ4n) is 2.23. The molecule has 0 radical (unpaired) electrons. The van der Waals surface area contributed by atoms with Crippen LogP contribution >= 0.6 is 0 Å². The second kappa shape index (κ2) is 6.03. The molecule has 3 nitrogen and oxygen atoms in total. The van der Waals surface area contributed by atoms with Crippen molar-refractivity contribution in [1.29, 1.82) is 0 Å². The fourth-order valence-corrected chi connectivity index (χ4v) is 2.23. The van der Waals surface area contributed by atoms with Gasteiger partial charge in [0.05, 0.1) is 6.61 Å². The number of nitrogens with two attached hydrogens (primary N) is 1. The Morgan fingerprint density at radius 3 is 2.89 bits per heavy atom. The number of benzene rings is 1. The minimum Gasteiger partial charge on any atom is -0.380 e. The standard InChI is InChI=1S/C15H22N2O/c1-3-18-9-8-17-7-6-14-5-4-13(10-12(2)16)11-15(14)17/h4-7,11-12H,3,8-10,16H2,1-2H3. The number of fused-ring (bicyclic) bond motifs is 1. The molecule has 18 heavy (non-hydrogen) atoms. The van der Waals surface area contributed by atoms with Crippen molar-refractivity contribution in [2.45, 2.75) is 32.9 Å². The zero-order chi connectivity index (χ0) is 13.0. The Morgan fingerprint density at radius 1 is 1.33 bits per heavy atom. The number of rotatable bonds is 6. The van der Waals surface area contributed by atoms with Crippen LogP contribution < -0.4 is 5.73 Å². The third-order valence-corrected chi connectivity index (χ3v) is 3.08. The highest BCUT2D eigenvalue weighted by Crippen LogP contribution is 2.18. The summed E-state index contributed by atoms with van der Waals surface area (Å²) in [6.45, 7) is 6.50. The molecule has 2 aromatic rings. The first-order valence-electron chi connectivity index (χ1n) is 6.62. The summed E-state index contributed by atoms with van der Waals surface area (Å²) in [5.41, 5.74) is 8.42. The van der Waals surface area contributed by atoms with Gasteiger partial charge >= 0.3 is 0 Å². The van der Waals surface area contributed by atoms with Crippen molar-refractivity contribution in [2.24, 2.45) is 5.73 Å². The Labute approximate surface area is 109 Å². The highest BCUT2D eigenvalue weighted by atomic mass is 16.5. The molecule has 2 N–H and O–H groups in total. The average Bonchev–Trinajstić information content (AvgIpc) is 2.72. The van der Waals surface area contributed by atoms with Gasteiger partial charge in [-0.3, -0.25) is 0 Å². The van der Waals surface area contributed by atoms with Crippen LogP contribution in [0.25, 0.3) is 10.9 Å². The van der Waals surface area contributed by atoms with Crippen LogP contribution in [-0.4, -0.2) is 23.8 Å². The number of hydrogen-bond donors (Lipinski definition) is 1. The van der Waals surface area contributed by atoms with Gasteiger partial charge in [0.1, 0.15) is 0 Å². The second-order valence-corrected chi connectivity index (χ2v) is 4.78. The van der Waals surface area contributed by atoms with Crippen LogP contribution in [-0.2, 0) is 17.7 Å². The van der Waals surface area contributed by atoms with Gasteiger partial charge in [0, 0.05) is 30.9 Å². The van der Waals surface area contributed by atoms with Gasteiger partial charge in [-0.25, -0.2) is 0 Å². The molecule has 0 saturated carbocycles. The Morgan fingerprint density at radius 2 is 2.17 bits per heavy atom. The average molecular weight is 246 g/mol. The molecule has 0 aliphatic rings. The molecule has 0 aliphatic heterocycles. The monoisotopic (exact) mass is 246 g/mol. The molecular formula is C15H22N2O. The molecule has 98 valence electrons. The molecule has 1 aromatic heterocycles. The highest BCUT2D eigenvalue weighted by molar-refractivity contribution is 5.80. The Hall–Kier alpha value is -1.32. The van der Waals surface area contributed by atoms with Crippen LogP contribution in [0.1, 0.15) is 19.4 Å². The maximum absolute atomic E-state index is 5.85. The van der Waals surface area contributed by atoms with E-state index < -0.39 is 0 Å². The molecule has 0 aliphatic carbocycles. The highest BCUT2D eigenvalue weighted by Gasteiger charge is 2.04. The fraction of sp³-hybridized carbons (Fsp3) is 0.467. The van der Waals surface area contributed by atoms with Crippen LogP contribution in [0.2, 0.25) is 0 Å². The number of aromatic nitrogens is 1. The van der Waals surface area contributed by atoms with Gasteiger partial charge in [0.25, 0.3) is 0 Å². The van der Waals surface area contributed by atoms with Crippen molar-refractivity contribution < 1.29 is 4.74 Å². The summed E-state index contributed by atoms with van der Waals surface area (Å²) >= 11 is 0. The Balaban J connectivity index is 2.20. The summed E-state index contributed by atoms with van der Waals surface area (Å²) < 4.78 is 7.66. The van der Waals surface area contributed by atoms with E-state index >= 15 is 0 Å². The maximum Gasteiger partial charge on any atom is 0.0645 e. The predicted octanol–water partition coefficient (Wildman–Crippen LogP) is 2.57. The lowest BCUT2D eigenvalue weighted by Gasteiger charge is -2.08. The first-order chi connectivity index (χ1) is 8.70. The molecule has 1 unspecified atom stereocenters. The van der Waals surface area contributed by atoms with E-state index in [1.54, 1.807) is 0 Å². The second-order valence-electron chi connectivity index (χ2n) is 4.78. The lowest BCUT2D eigenvalue weighted by atomic mass is 10.1. The van der Waals surface area contributed by atoms with Gasteiger partial charge in [-0.1, -0.05) is 12.1 Å². The van der Waals surface area contributed by atoms with Crippen molar-refractivity contribution in [3.63, 3.8) is 0 Å². The molecular weight excluding hydrogens is 224 g/mol. The first kappa shape index (κ1) is 13.1. The van der Waals surface area contributed by atoms with Gasteiger partial charge in [-0.05, 0) is 43.4 Å². The quantitative estimate of drug-likeness (QED) is 0.796. The lowest BCUT2D eigenvalue weighted by Crippen LogP contribution is -2.17. The molecule has 0 fully saturated rings. The van der Waals surface area contributed by atoms with Crippen molar-refractivity contribution in [1.82, 2.24) is 4.57 Å². The number of hydrogen-bond acceptors (Lipinski definition) is 2. The van der Waals surface area contributed by atoms with Gasteiger partial charge < -0.3 is 15.0 Å². The van der Waals surface area contributed by atoms with Crippen LogP contribution in [0.15, 0.2) is 30.5 Å². The Bertz CT molecular complexity index is 502. The first-order valence-corrected chi connectivity index (χ1v) is 6.62. The molecule has 3 heteroatoms. The molecule has 0 spiro atoms. The SMILES string of the molecule is CCOCCn1ccc2ccc(CC(C)N)cc21. The van der Waals surface area contributed by atoms with Gasteiger partial charge in [0.2, 0.25) is 0 Å². The minimum absolute atomic E-state index is 0.203. The van der Waals surface area contributed by atoms with E-state index in [9.17, 15) is 0 Å². The topological polar surface area (TPSA) is 40.2 Å². The van der Waals surface area contributed by atoms with Crippen LogP contribution in [0, 0.1) is 0 Å². The summed E-state index contributed by atoms with van der Waals surface area (Å²) in [5.74, 6) is 0. The third-order valence-electron chi connectivity index (χ3n) is 3.08. The molecule has 1 heterocycles. The van der Waals surface area contributed by atoms with E-state index in [-0.39, 0.29) is 6.04 Å². The normalized spacial score (nSPS) is 13.1. The Kier molecular flexibility index (Phi) is 4.39. The van der Waals surface area contributed by atoms with Crippen molar-refractivity contribution in [3.05, 3.63) is 36.0 Å². The zero-order valence-electron chi connectivity index (χ0n) is 11.2. The minimum atomic E-state index is 0.203. The van der Waals surface area contributed by atoms with Crippen molar-refractivity contribution in [3.8, 4) is 0 Å². The molecule has 0 saturated heterocycles. The van der Waals surface area contributed by atoms with Crippen LogP contribution in [0.4, 0.5) is 0 Å². The van der Waals surface area contributed by atoms with E-state index in [4.69, 9.17) is 10.5 Å². The number of nitrogens with zero attached hydrogens (tertiary/aromatic N) is 1. The molecule has 2 rings (SSSR count). The maximum atomic E-state index is 5.85. The van der Waals surface area contributed by atoms with Gasteiger partial charge in [0.15, 0.2) is 0 Å². The number of ether oxygens (including phenoxy) is 1. The van der Waals surface area contributed by atoms with Gasteiger partial charge in [-0.15, -0.1) is 0 Å². The molecule has 0 bridgehead atoms. The summed E-state index contributed by atoms with van der Waals surface area (Å²) in [6, 6.07) is 8.93. The van der Waals surface area contributed by atoms with Crippen LogP contribution in [0.5, 0.6) is 0 Å². The largest absolute Gasteiger partial charge is 0.380 e. The summed E-state index contributed by atoms with van der Waals surface area (Å²) in [5, 5.41) is 1.28. The van der Waals surface area contributed by atoms with Gasteiger partial charge in [-0.2, -0.15) is 0 Å². The third kappa shape index (κ3) is 3.12. The predicted molar refractivity (Wildman–Crippen MR) is 75.8 cm³/mol. The summed E-state index contributed by atoms with van der Waals surface area (Å²) in [6.07, 6.45) is 3.05. The molecule has 0 amide bonds.